The number of hydrogen-bond donors (Lipinski definition) is 0. The smallest absolute Gasteiger partial charge is 0.232 e. The number of allylic oxidation sites excluding steroid dienone is 1. The van der Waals surface area contributed by atoms with Crippen LogP contribution >= 0.6 is 34.8 Å². The summed E-state index contributed by atoms with van der Waals surface area (Å²) in [4.78, 5) is 15.4. The third kappa shape index (κ3) is 4.36. The zero-order valence-electron chi connectivity index (χ0n) is 17.8. The molecule has 2 aliphatic rings. The Morgan fingerprint density at radius 3 is 2.67 bits per heavy atom. The minimum absolute atomic E-state index is 0.162. The summed E-state index contributed by atoms with van der Waals surface area (Å²) >= 11 is 18.6. The lowest BCUT2D eigenvalue weighted by molar-refractivity contribution is 0.0949. The maximum absolute atomic E-state index is 13.2. The van der Waals surface area contributed by atoms with Crippen LogP contribution in [0.15, 0.2) is 54.3 Å². The number of aryl methyl sites for hydroxylation is 1. The molecule has 0 aromatic heterocycles. The van der Waals surface area contributed by atoms with Gasteiger partial charge in [-0.3, -0.25) is 9.69 Å². The summed E-state index contributed by atoms with van der Waals surface area (Å²) in [5.74, 6) is 1.39. The largest absolute Gasteiger partial charge is 0.478 e. The SMILES string of the molecule is Cc1cc2c(c3c1C(=O)/C(=C/c1ccc(Cl)cc1Cl)O3)CN(CCc1ccccc1Cl)CO2. The van der Waals surface area contributed by atoms with Gasteiger partial charge in [-0.05, 0) is 60.4 Å². The van der Waals surface area contributed by atoms with E-state index in [9.17, 15) is 4.79 Å². The Hall–Kier alpha value is -2.50. The Kier molecular flexibility index (Phi) is 6.11. The van der Waals surface area contributed by atoms with Crippen molar-refractivity contribution >= 4 is 46.7 Å². The number of rotatable bonds is 4. The van der Waals surface area contributed by atoms with E-state index in [4.69, 9.17) is 44.3 Å². The van der Waals surface area contributed by atoms with Crippen molar-refractivity contribution in [2.75, 3.05) is 13.3 Å². The first-order chi connectivity index (χ1) is 15.9. The van der Waals surface area contributed by atoms with Gasteiger partial charge in [-0.1, -0.05) is 59.1 Å². The molecule has 0 spiro atoms. The molecule has 0 unspecified atom stereocenters. The van der Waals surface area contributed by atoms with E-state index in [0.29, 0.717) is 40.2 Å². The third-order valence-electron chi connectivity index (χ3n) is 5.89. The molecule has 33 heavy (non-hydrogen) atoms. The van der Waals surface area contributed by atoms with Gasteiger partial charge in [0.15, 0.2) is 5.76 Å². The Bertz CT molecular complexity index is 1300. The van der Waals surface area contributed by atoms with Crippen LogP contribution in [0.4, 0.5) is 0 Å². The van der Waals surface area contributed by atoms with Gasteiger partial charge >= 0.3 is 0 Å². The molecule has 0 amide bonds. The summed E-state index contributed by atoms with van der Waals surface area (Å²) in [6.45, 7) is 3.74. The normalized spacial score (nSPS) is 16.4. The molecule has 0 fully saturated rings. The Balaban J connectivity index is 1.42. The molecule has 0 atom stereocenters. The van der Waals surface area contributed by atoms with Crippen LogP contribution in [0.5, 0.6) is 11.5 Å². The van der Waals surface area contributed by atoms with Crippen LogP contribution in [0.25, 0.3) is 6.08 Å². The van der Waals surface area contributed by atoms with E-state index < -0.39 is 0 Å². The zero-order chi connectivity index (χ0) is 23.1. The van der Waals surface area contributed by atoms with E-state index in [-0.39, 0.29) is 11.5 Å². The van der Waals surface area contributed by atoms with Gasteiger partial charge < -0.3 is 9.47 Å². The highest BCUT2D eigenvalue weighted by Crippen LogP contribution is 2.44. The summed E-state index contributed by atoms with van der Waals surface area (Å²) in [5.41, 5.74) is 4.03. The molecule has 0 radical (unpaired) electrons. The van der Waals surface area contributed by atoms with E-state index in [0.717, 1.165) is 40.4 Å². The topological polar surface area (TPSA) is 38.8 Å². The molecule has 5 rings (SSSR count). The molecule has 4 nitrogen and oxygen atoms in total. The number of carbonyl (C=O) groups excluding carboxylic acids is 1. The Labute approximate surface area is 207 Å². The fourth-order valence-corrected chi connectivity index (χ4v) is 4.85. The first-order valence-electron chi connectivity index (χ1n) is 10.5. The Morgan fingerprint density at radius 1 is 1.06 bits per heavy atom. The number of fused-ring (bicyclic) bond motifs is 3. The highest BCUT2D eigenvalue weighted by molar-refractivity contribution is 6.35. The van der Waals surface area contributed by atoms with Crippen molar-refractivity contribution in [1.29, 1.82) is 0 Å². The van der Waals surface area contributed by atoms with E-state index in [1.807, 2.05) is 37.3 Å². The molecule has 3 aromatic carbocycles. The number of carbonyl (C=O) groups is 1. The molecule has 0 aliphatic carbocycles. The van der Waals surface area contributed by atoms with Crippen molar-refractivity contribution in [3.8, 4) is 11.5 Å². The maximum atomic E-state index is 13.2. The highest BCUT2D eigenvalue weighted by Gasteiger charge is 2.35. The minimum Gasteiger partial charge on any atom is -0.478 e. The van der Waals surface area contributed by atoms with Crippen molar-refractivity contribution in [3.63, 3.8) is 0 Å². The molecule has 2 heterocycles. The van der Waals surface area contributed by atoms with Crippen molar-refractivity contribution in [2.45, 2.75) is 19.9 Å². The standard InChI is InChI=1S/C26H20Cl3NO3/c1-15-10-22-19(13-30(14-32-22)9-8-16-4-2-3-5-20(16)28)26-24(15)25(31)23(33-26)11-17-6-7-18(27)12-21(17)29/h2-7,10-12H,8-9,13-14H2,1H3/b23-11-. The van der Waals surface area contributed by atoms with Crippen LogP contribution in [-0.2, 0) is 13.0 Å². The predicted molar refractivity (Wildman–Crippen MR) is 132 cm³/mol. The Morgan fingerprint density at radius 2 is 1.88 bits per heavy atom. The van der Waals surface area contributed by atoms with Crippen molar-refractivity contribution in [1.82, 2.24) is 4.90 Å². The fourth-order valence-electron chi connectivity index (χ4n) is 4.16. The summed E-state index contributed by atoms with van der Waals surface area (Å²) in [5, 5.41) is 1.75. The number of halogens is 3. The monoisotopic (exact) mass is 499 g/mol. The van der Waals surface area contributed by atoms with Crippen LogP contribution in [0.2, 0.25) is 15.1 Å². The number of nitrogens with zero attached hydrogens (tertiary/aromatic N) is 1. The first-order valence-corrected chi connectivity index (χ1v) is 11.7. The molecular weight excluding hydrogens is 481 g/mol. The summed E-state index contributed by atoms with van der Waals surface area (Å²) in [7, 11) is 0. The summed E-state index contributed by atoms with van der Waals surface area (Å²) in [6, 6.07) is 14.9. The molecule has 0 N–H and O–H groups in total. The van der Waals surface area contributed by atoms with Gasteiger partial charge in [0.05, 0.1) is 11.1 Å². The number of Topliss-reactive ketones (excluding diaryl/α,β-unsaturated/α-hetero) is 1. The zero-order valence-corrected chi connectivity index (χ0v) is 20.1. The van der Waals surface area contributed by atoms with Crippen molar-refractivity contribution in [3.05, 3.63) is 97.2 Å². The lowest BCUT2D eigenvalue weighted by Crippen LogP contribution is -2.34. The van der Waals surface area contributed by atoms with Crippen molar-refractivity contribution in [2.24, 2.45) is 0 Å². The van der Waals surface area contributed by atoms with Crippen LogP contribution in [0.3, 0.4) is 0 Å². The van der Waals surface area contributed by atoms with E-state index in [2.05, 4.69) is 4.90 Å². The van der Waals surface area contributed by atoms with Gasteiger partial charge in [-0.25, -0.2) is 0 Å². The molecule has 7 heteroatoms. The number of hydrogen-bond acceptors (Lipinski definition) is 4. The lowest BCUT2D eigenvalue weighted by atomic mass is 9.98. The van der Waals surface area contributed by atoms with Gasteiger partial charge in [-0.15, -0.1) is 0 Å². The molecule has 0 saturated heterocycles. The maximum Gasteiger partial charge on any atom is 0.232 e. The van der Waals surface area contributed by atoms with Crippen LogP contribution in [0, 0.1) is 6.92 Å². The summed E-state index contributed by atoms with van der Waals surface area (Å²) in [6.07, 6.45) is 2.46. The van der Waals surface area contributed by atoms with Crippen LogP contribution in [0.1, 0.15) is 32.6 Å². The van der Waals surface area contributed by atoms with Crippen LogP contribution < -0.4 is 9.47 Å². The molecule has 0 bridgehead atoms. The second kappa shape index (κ2) is 9.03. The molecule has 168 valence electrons. The molecule has 2 aliphatic heterocycles. The van der Waals surface area contributed by atoms with Gasteiger partial charge in [-0.2, -0.15) is 0 Å². The number of ketones is 1. The molecular formula is C26H20Cl3NO3. The van der Waals surface area contributed by atoms with E-state index in [1.54, 1.807) is 24.3 Å². The number of ether oxygens (including phenoxy) is 2. The van der Waals surface area contributed by atoms with Gasteiger partial charge in [0.1, 0.15) is 18.2 Å². The third-order valence-corrected chi connectivity index (χ3v) is 6.82. The van der Waals surface area contributed by atoms with E-state index >= 15 is 0 Å². The lowest BCUT2D eigenvalue weighted by Gasteiger charge is -2.30. The average Bonchev–Trinajstić information content (AvgIpc) is 3.12. The average molecular weight is 501 g/mol. The number of benzene rings is 3. The van der Waals surface area contributed by atoms with Crippen molar-refractivity contribution < 1.29 is 14.3 Å². The van der Waals surface area contributed by atoms with E-state index in [1.165, 1.54) is 0 Å². The van der Waals surface area contributed by atoms with Crippen LogP contribution in [-0.4, -0.2) is 24.0 Å². The van der Waals surface area contributed by atoms with Gasteiger partial charge in [0.25, 0.3) is 0 Å². The van der Waals surface area contributed by atoms with Gasteiger partial charge in [0.2, 0.25) is 5.78 Å². The summed E-state index contributed by atoms with van der Waals surface area (Å²) < 4.78 is 12.1. The van der Waals surface area contributed by atoms with Gasteiger partial charge in [0, 0.05) is 28.2 Å². The second-order valence-electron chi connectivity index (χ2n) is 8.15. The second-order valence-corrected chi connectivity index (χ2v) is 9.40. The highest BCUT2D eigenvalue weighted by atomic mass is 35.5. The fraction of sp³-hybridized carbons (Fsp3) is 0.192. The molecule has 0 saturated carbocycles. The minimum atomic E-state index is -0.162. The first kappa shape index (κ1) is 22.3. The molecule has 3 aromatic rings. The predicted octanol–water partition coefficient (Wildman–Crippen LogP) is 6.97. The quantitative estimate of drug-likeness (QED) is 0.363.